The minimum atomic E-state index is -4.06. The lowest BCUT2D eigenvalue weighted by atomic mass is 10.2. The molecule has 10 nitrogen and oxygen atoms in total. The average molecular weight is 529 g/mol. The Morgan fingerprint density at radius 1 is 1.05 bits per heavy atom. The van der Waals surface area contributed by atoms with Crippen LogP contribution in [0.3, 0.4) is 0 Å². The van der Waals surface area contributed by atoms with Crippen LogP contribution in [0.5, 0.6) is 11.6 Å². The van der Waals surface area contributed by atoms with E-state index in [0.717, 1.165) is 5.56 Å². The van der Waals surface area contributed by atoms with E-state index in [1.807, 2.05) is 32.9 Å². The number of hydrogen-bond acceptors (Lipinski definition) is 6. The molecule has 0 unspecified atom stereocenters. The lowest BCUT2D eigenvalue weighted by molar-refractivity contribution is -0.118. The summed E-state index contributed by atoms with van der Waals surface area (Å²) < 4.78 is 36.6. The molecule has 0 bridgehead atoms. The third kappa shape index (κ3) is 6.55. The number of ether oxygens (including phenoxy) is 1. The molecule has 1 heterocycles. The van der Waals surface area contributed by atoms with E-state index in [0.29, 0.717) is 5.69 Å². The standard InChI is InChI=1S/C26H32N4O6S/c1-15(2)14-27-37(34,35)22-13-19(28-24(31)16(3)4)9-12-21(22)36-25-18(6)23(26(32)33)29-30(25)20-10-7-17(5)8-11-20/h7-13,15-16,27H,14H2,1-6H3,(H,28,31)(H,32,33). The van der Waals surface area contributed by atoms with Gasteiger partial charge in [0.25, 0.3) is 0 Å². The summed E-state index contributed by atoms with van der Waals surface area (Å²) >= 11 is 0. The third-order valence-electron chi connectivity index (χ3n) is 5.46. The van der Waals surface area contributed by atoms with Crippen molar-refractivity contribution >= 4 is 27.6 Å². The van der Waals surface area contributed by atoms with Crippen LogP contribution < -0.4 is 14.8 Å². The summed E-state index contributed by atoms with van der Waals surface area (Å²) in [6.07, 6.45) is 0. The number of rotatable bonds is 10. The Balaban J connectivity index is 2.15. The Kier molecular flexibility index (Phi) is 8.39. The number of carbonyl (C=O) groups excluding carboxylic acids is 1. The van der Waals surface area contributed by atoms with Gasteiger partial charge in [0.1, 0.15) is 10.6 Å². The van der Waals surface area contributed by atoms with E-state index in [2.05, 4.69) is 15.1 Å². The Morgan fingerprint density at radius 2 is 1.70 bits per heavy atom. The van der Waals surface area contributed by atoms with Crippen LogP contribution in [-0.2, 0) is 14.8 Å². The van der Waals surface area contributed by atoms with Crippen molar-refractivity contribution in [3.63, 3.8) is 0 Å². The minimum Gasteiger partial charge on any atom is -0.476 e. The quantitative estimate of drug-likeness (QED) is 0.352. The molecule has 0 aliphatic carbocycles. The highest BCUT2D eigenvalue weighted by Gasteiger charge is 2.26. The first-order valence-electron chi connectivity index (χ1n) is 11.8. The second-order valence-corrected chi connectivity index (χ2v) is 11.2. The van der Waals surface area contributed by atoms with E-state index in [1.165, 1.54) is 22.9 Å². The second kappa shape index (κ2) is 11.1. The molecule has 0 saturated carbocycles. The number of aryl methyl sites for hydroxylation is 1. The van der Waals surface area contributed by atoms with E-state index in [4.69, 9.17) is 4.74 Å². The second-order valence-electron chi connectivity index (χ2n) is 9.48. The number of carboxylic acid groups (broad SMARTS) is 1. The molecular weight excluding hydrogens is 496 g/mol. The predicted molar refractivity (Wildman–Crippen MR) is 140 cm³/mol. The molecule has 198 valence electrons. The van der Waals surface area contributed by atoms with Crippen molar-refractivity contribution < 1.29 is 27.9 Å². The van der Waals surface area contributed by atoms with Crippen molar-refractivity contribution in [2.75, 3.05) is 11.9 Å². The van der Waals surface area contributed by atoms with E-state index in [9.17, 15) is 23.1 Å². The van der Waals surface area contributed by atoms with Crippen molar-refractivity contribution in [2.45, 2.75) is 46.4 Å². The van der Waals surface area contributed by atoms with E-state index < -0.39 is 16.0 Å². The smallest absolute Gasteiger partial charge is 0.356 e. The molecule has 1 amide bonds. The van der Waals surface area contributed by atoms with Gasteiger partial charge in [0.2, 0.25) is 21.8 Å². The average Bonchev–Trinajstić information content (AvgIpc) is 3.15. The fourth-order valence-corrected chi connectivity index (χ4v) is 4.65. The number of sulfonamides is 1. The molecule has 0 radical (unpaired) electrons. The number of benzene rings is 2. The molecule has 0 fully saturated rings. The fourth-order valence-electron chi connectivity index (χ4n) is 3.29. The maximum Gasteiger partial charge on any atom is 0.356 e. The number of aromatic nitrogens is 2. The van der Waals surface area contributed by atoms with Crippen molar-refractivity contribution in [3.05, 3.63) is 59.3 Å². The molecule has 11 heteroatoms. The fraction of sp³-hybridized carbons (Fsp3) is 0.346. The van der Waals surface area contributed by atoms with Crippen molar-refractivity contribution in [2.24, 2.45) is 11.8 Å². The number of hydrogen-bond donors (Lipinski definition) is 3. The van der Waals surface area contributed by atoms with Crippen LogP contribution in [0.1, 0.15) is 49.3 Å². The summed E-state index contributed by atoms with van der Waals surface area (Å²) in [5.41, 5.74) is 1.82. The number of nitrogens with zero attached hydrogens (tertiary/aromatic N) is 2. The lowest BCUT2D eigenvalue weighted by Crippen LogP contribution is -2.28. The molecule has 3 aromatic rings. The van der Waals surface area contributed by atoms with E-state index in [-0.39, 0.29) is 57.8 Å². The molecule has 3 rings (SSSR count). The number of carbonyl (C=O) groups is 2. The van der Waals surface area contributed by atoms with Crippen LogP contribution in [0.4, 0.5) is 5.69 Å². The summed E-state index contributed by atoms with van der Waals surface area (Å²) in [4.78, 5) is 23.8. The molecule has 1 aromatic heterocycles. The van der Waals surface area contributed by atoms with E-state index >= 15 is 0 Å². The van der Waals surface area contributed by atoms with Crippen LogP contribution in [0.25, 0.3) is 5.69 Å². The summed E-state index contributed by atoms with van der Waals surface area (Å²) in [6.45, 7) is 10.8. The molecule has 0 atom stereocenters. The maximum absolute atomic E-state index is 13.3. The summed E-state index contributed by atoms with van der Waals surface area (Å²) in [7, 11) is -4.06. The molecule has 2 aromatic carbocycles. The predicted octanol–water partition coefficient (Wildman–Crippen LogP) is 4.51. The van der Waals surface area contributed by atoms with Gasteiger partial charge in [0.05, 0.1) is 5.69 Å². The molecule has 0 saturated heterocycles. The van der Waals surface area contributed by atoms with Gasteiger partial charge in [-0.25, -0.2) is 17.9 Å². The van der Waals surface area contributed by atoms with Gasteiger partial charge in [-0.15, -0.1) is 0 Å². The van der Waals surface area contributed by atoms with Crippen LogP contribution in [0.2, 0.25) is 0 Å². The molecule has 3 N–H and O–H groups in total. The summed E-state index contributed by atoms with van der Waals surface area (Å²) in [5.74, 6) is -1.77. The first-order valence-corrected chi connectivity index (χ1v) is 13.3. The van der Waals surface area contributed by atoms with Crippen LogP contribution in [-0.4, -0.2) is 41.7 Å². The number of carboxylic acids is 1. The highest BCUT2D eigenvalue weighted by molar-refractivity contribution is 7.89. The molecule has 0 aliphatic rings. The number of anilines is 1. The highest BCUT2D eigenvalue weighted by Crippen LogP contribution is 2.35. The first kappa shape index (κ1) is 27.9. The Morgan fingerprint density at radius 3 is 2.27 bits per heavy atom. The van der Waals surface area contributed by atoms with Crippen molar-refractivity contribution in [3.8, 4) is 17.3 Å². The van der Waals surface area contributed by atoms with Gasteiger partial charge in [-0.2, -0.15) is 9.78 Å². The lowest BCUT2D eigenvalue weighted by Gasteiger charge is -2.17. The van der Waals surface area contributed by atoms with Gasteiger partial charge >= 0.3 is 5.97 Å². The zero-order valence-corrected chi connectivity index (χ0v) is 22.5. The number of nitrogens with one attached hydrogen (secondary N) is 2. The topological polar surface area (TPSA) is 140 Å². The highest BCUT2D eigenvalue weighted by atomic mass is 32.2. The Bertz CT molecular complexity index is 1410. The van der Waals surface area contributed by atoms with E-state index in [1.54, 1.807) is 32.9 Å². The normalized spacial score (nSPS) is 11.7. The van der Waals surface area contributed by atoms with Gasteiger partial charge < -0.3 is 15.2 Å². The van der Waals surface area contributed by atoms with Crippen LogP contribution >= 0.6 is 0 Å². The molecule has 0 aliphatic heterocycles. The van der Waals surface area contributed by atoms with Gasteiger partial charge in [-0.3, -0.25) is 4.79 Å². The summed E-state index contributed by atoms with van der Waals surface area (Å²) in [6, 6.07) is 11.5. The molecular formula is C26H32N4O6S. The zero-order chi connectivity index (χ0) is 27.5. The molecule has 0 spiro atoms. The van der Waals surface area contributed by atoms with Crippen LogP contribution in [0.15, 0.2) is 47.4 Å². The van der Waals surface area contributed by atoms with Crippen LogP contribution in [0, 0.1) is 25.7 Å². The van der Waals surface area contributed by atoms with Gasteiger partial charge in [0, 0.05) is 23.7 Å². The SMILES string of the molecule is Cc1ccc(-n2nc(C(=O)O)c(C)c2Oc2ccc(NC(=O)C(C)C)cc2S(=O)(=O)NCC(C)C)cc1. The van der Waals surface area contributed by atoms with Crippen molar-refractivity contribution in [1.82, 2.24) is 14.5 Å². The third-order valence-corrected chi connectivity index (χ3v) is 6.91. The largest absolute Gasteiger partial charge is 0.476 e. The maximum atomic E-state index is 13.3. The molecule has 37 heavy (non-hydrogen) atoms. The summed E-state index contributed by atoms with van der Waals surface area (Å²) in [5, 5.41) is 16.6. The number of amides is 1. The van der Waals surface area contributed by atoms with Crippen molar-refractivity contribution in [1.29, 1.82) is 0 Å². The monoisotopic (exact) mass is 528 g/mol. The Labute approximate surface area is 216 Å². The first-order chi connectivity index (χ1) is 17.3. The van der Waals surface area contributed by atoms with Gasteiger partial charge in [0.15, 0.2) is 5.69 Å². The van der Waals surface area contributed by atoms with Gasteiger partial charge in [-0.05, 0) is 50.1 Å². The van der Waals surface area contributed by atoms with Gasteiger partial charge in [-0.1, -0.05) is 45.4 Å². The Hall–Kier alpha value is -3.70. The number of aromatic carboxylic acids is 1. The zero-order valence-electron chi connectivity index (χ0n) is 21.7. The minimum absolute atomic E-state index is 0.0475.